The molecule has 3 nitrogen and oxygen atoms in total. The summed E-state index contributed by atoms with van der Waals surface area (Å²) in [5.74, 6) is 0.481. The topological polar surface area (TPSA) is 48.1 Å². The minimum atomic E-state index is -0.269. The monoisotopic (exact) mass is 282 g/mol. The van der Waals surface area contributed by atoms with Crippen molar-refractivity contribution in [1.82, 2.24) is 4.98 Å². The predicted molar refractivity (Wildman–Crippen MR) is 80.4 cm³/mol. The highest BCUT2D eigenvalue weighted by Gasteiger charge is 2.07. The van der Waals surface area contributed by atoms with E-state index in [4.69, 9.17) is 10.5 Å². The van der Waals surface area contributed by atoms with Crippen LogP contribution in [0.25, 0.3) is 10.9 Å². The maximum absolute atomic E-state index is 13.7. The average Bonchev–Trinajstić information content (AvgIpc) is 2.55. The highest BCUT2D eigenvalue weighted by molar-refractivity contribution is 5.82. The van der Waals surface area contributed by atoms with Gasteiger partial charge in [0.15, 0.2) is 0 Å². The third-order valence-electron chi connectivity index (χ3n) is 3.35. The van der Waals surface area contributed by atoms with Crippen molar-refractivity contribution >= 4 is 10.9 Å². The molecule has 0 bridgehead atoms. The minimum absolute atomic E-state index is 0.269. The molecule has 0 aliphatic carbocycles. The van der Waals surface area contributed by atoms with Gasteiger partial charge >= 0.3 is 0 Å². The molecular weight excluding hydrogens is 267 g/mol. The number of pyridine rings is 1. The number of hydrogen-bond donors (Lipinski definition) is 1. The van der Waals surface area contributed by atoms with E-state index in [2.05, 4.69) is 4.98 Å². The van der Waals surface area contributed by atoms with Gasteiger partial charge < -0.3 is 10.5 Å². The zero-order chi connectivity index (χ0) is 14.7. The Morgan fingerprint density at radius 3 is 2.62 bits per heavy atom. The van der Waals surface area contributed by atoms with Crippen molar-refractivity contribution in [3.8, 4) is 5.75 Å². The van der Waals surface area contributed by atoms with Crippen molar-refractivity contribution in [2.24, 2.45) is 5.73 Å². The molecule has 0 saturated heterocycles. The summed E-state index contributed by atoms with van der Waals surface area (Å²) in [5.41, 5.74) is 8.10. The van der Waals surface area contributed by atoms with Gasteiger partial charge in [-0.25, -0.2) is 4.39 Å². The quantitative estimate of drug-likeness (QED) is 0.797. The Kier molecular flexibility index (Phi) is 3.79. The Bertz CT molecular complexity index is 756. The fraction of sp³-hybridized carbons (Fsp3) is 0.118. The number of nitrogens with zero attached hydrogens (tertiary/aromatic N) is 1. The van der Waals surface area contributed by atoms with Gasteiger partial charge in [-0.2, -0.15) is 0 Å². The second kappa shape index (κ2) is 5.89. The van der Waals surface area contributed by atoms with Gasteiger partial charge in [-0.3, -0.25) is 4.98 Å². The van der Waals surface area contributed by atoms with Crippen LogP contribution in [0, 0.1) is 5.82 Å². The molecule has 0 spiro atoms. The van der Waals surface area contributed by atoms with Crippen molar-refractivity contribution in [2.75, 3.05) is 0 Å². The third-order valence-corrected chi connectivity index (χ3v) is 3.35. The Labute approximate surface area is 122 Å². The fourth-order valence-electron chi connectivity index (χ4n) is 2.20. The van der Waals surface area contributed by atoms with Crippen LogP contribution in [0.3, 0.4) is 0 Å². The summed E-state index contributed by atoms with van der Waals surface area (Å²) in [6, 6.07) is 14.2. The van der Waals surface area contributed by atoms with E-state index in [-0.39, 0.29) is 5.82 Å². The molecule has 2 N–H and O–H groups in total. The molecule has 2 aromatic carbocycles. The SMILES string of the molecule is NCc1ccc(OCc2ccc(F)c3cccnc23)cc1. The van der Waals surface area contributed by atoms with E-state index >= 15 is 0 Å². The van der Waals surface area contributed by atoms with Crippen LogP contribution in [-0.4, -0.2) is 4.98 Å². The first kappa shape index (κ1) is 13.5. The number of benzene rings is 2. The number of halogens is 1. The molecule has 0 saturated carbocycles. The first-order chi connectivity index (χ1) is 10.3. The molecular formula is C17H15FN2O. The maximum atomic E-state index is 13.7. The zero-order valence-electron chi connectivity index (χ0n) is 11.4. The zero-order valence-corrected chi connectivity index (χ0v) is 11.4. The van der Waals surface area contributed by atoms with E-state index in [1.165, 1.54) is 6.07 Å². The molecule has 0 radical (unpaired) electrons. The van der Waals surface area contributed by atoms with Gasteiger partial charge in [0.1, 0.15) is 18.2 Å². The summed E-state index contributed by atoms with van der Waals surface area (Å²) >= 11 is 0. The molecule has 106 valence electrons. The first-order valence-electron chi connectivity index (χ1n) is 6.72. The van der Waals surface area contributed by atoms with E-state index < -0.39 is 0 Å². The van der Waals surface area contributed by atoms with Crippen molar-refractivity contribution in [3.05, 3.63) is 71.7 Å². The van der Waals surface area contributed by atoms with E-state index in [9.17, 15) is 4.39 Å². The Morgan fingerprint density at radius 1 is 1.05 bits per heavy atom. The first-order valence-corrected chi connectivity index (χ1v) is 6.72. The molecule has 3 rings (SSSR count). The van der Waals surface area contributed by atoms with Gasteiger partial charge in [0.2, 0.25) is 0 Å². The molecule has 0 unspecified atom stereocenters. The van der Waals surface area contributed by atoms with Crippen LogP contribution in [0.15, 0.2) is 54.7 Å². The molecule has 0 atom stereocenters. The number of nitrogens with two attached hydrogens (primary N) is 1. The van der Waals surface area contributed by atoms with Gasteiger partial charge in [-0.05, 0) is 35.9 Å². The van der Waals surface area contributed by atoms with Crippen molar-refractivity contribution < 1.29 is 9.13 Å². The van der Waals surface area contributed by atoms with E-state index in [0.717, 1.165) is 16.9 Å². The number of ether oxygens (including phenoxy) is 1. The molecule has 0 fully saturated rings. The standard InChI is InChI=1S/C17H15FN2O/c18-16-8-5-13(17-15(16)2-1-9-20-17)11-21-14-6-3-12(10-19)4-7-14/h1-9H,10-11,19H2. The number of fused-ring (bicyclic) bond motifs is 1. The Morgan fingerprint density at radius 2 is 1.86 bits per heavy atom. The summed E-state index contributed by atoms with van der Waals surface area (Å²) in [6.07, 6.45) is 1.65. The van der Waals surface area contributed by atoms with Crippen LogP contribution in [0.5, 0.6) is 5.75 Å². The van der Waals surface area contributed by atoms with E-state index in [0.29, 0.717) is 24.1 Å². The van der Waals surface area contributed by atoms with Crippen molar-refractivity contribution in [2.45, 2.75) is 13.2 Å². The second-order valence-corrected chi connectivity index (χ2v) is 4.74. The molecule has 4 heteroatoms. The molecule has 3 aromatic rings. The Hall–Kier alpha value is -2.46. The smallest absolute Gasteiger partial charge is 0.132 e. The third kappa shape index (κ3) is 2.85. The van der Waals surface area contributed by atoms with Crippen molar-refractivity contribution in [1.29, 1.82) is 0 Å². The summed E-state index contributed by atoms with van der Waals surface area (Å²) < 4.78 is 19.5. The van der Waals surface area contributed by atoms with Crippen LogP contribution in [-0.2, 0) is 13.2 Å². The van der Waals surface area contributed by atoms with Gasteiger partial charge in [0, 0.05) is 23.7 Å². The van der Waals surface area contributed by atoms with Crippen LogP contribution < -0.4 is 10.5 Å². The normalized spacial score (nSPS) is 10.8. The summed E-state index contributed by atoms with van der Waals surface area (Å²) in [4.78, 5) is 4.25. The maximum Gasteiger partial charge on any atom is 0.132 e. The van der Waals surface area contributed by atoms with Crippen LogP contribution in [0.2, 0.25) is 0 Å². The van der Waals surface area contributed by atoms with E-state index in [1.54, 1.807) is 24.4 Å². The number of hydrogen-bond acceptors (Lipinski definition) is 3. The van der Waals surface area contributed by atoms with Crippen molar-refractivity contribution in [3.63, 3.8) is 0 Å². The molecule has 1 heterocycles. The van der Waals surface area contributed by atoms with Gasteiger partial charge in [-0.15, -0.1) is 0 Å². The summed E-state index contributed by atoms with van der Waals surface area (Å²) in [7, 11) is 0. The molecule has 0 aliphatic heterocycles. The highest BCUT2D eigenvalue weighted by Crippen LogP contribution is 2.21. The van der Waals surface area contributed by atoms with Gasteiger partial charge in [0.05, 0.1) is 5.52 Å². The summed E-state index contributed by atoms with van der Waals surface area (Å²) in [5, 5.41) is 0.511. The van der Waals surface area contributed by atoms with Gasteiger partial charge in [0.25, 0.3) is 0 Å². The van der Waals surface area contributed by atoms with Crippen LogP contribution in [0.4, 0.5) is 4.39 Å². The average molecular weight is 282 g/mol. The highest BCUT2D eigenvalue weighted by atomic mass is 19.1. The minimum Gasteiger partial charge on any atom is -0.489 e. The lowest BCUT2D eigenvalue weighted by atomic mass is 10.1. The lowest BCUT2D eigenvalue weighted by Gasteiger charge is -2.09. The lowest BCUT2D eigenvalue weighted by molar-refractivity contribution is 0.307. The second-order valence-electron chi connectivity index (χ2n) is 4.74. The molecule has 21 heavy (non-hydrogen) atoms. The predicted octanol–water partition coefficient (Wildman–Crippen LogP) is 3.41. The number of aromatic nitrogens is 1. The van der Waals surface area contributed by atoms with Crippen LogP contribution in [0.1, 0.15) is 11.1 Å². The molecule has 0 amide bonds. The van der Waals surface area contributed by atoms with Gasteiger partial charge in [-0.1, -0.05) is 18.2 Å². The van der Waals surface area contributed by atoms with E-state index in [1.807, 2.05) is 24.3 Å². The number of rotatable bonds is 4. The summed E-state index contributed by atoms with van der Waals surface area (Å²) in [6.45, 7) is 0.850. The largest absolute Gasteiger partial charge is 0.489 e. The van der Waals surface area contributed by atoms with Crippen LogP contribution >= 0.6 is 0 Å². The molecule has 1 aromatic heterocycles. The Balaban J connectivity index is 1.83. The molecule has 0 aliphatic rings. The fourth-order valence-corrected chi connectivity index (χ4v) is 2.20. The lowest BCUT2D eigenvalue weighted by Crippen LogP contribution is -1.99.